The van der Waals surface area contributed by atoms with Gasteiger partial charge in [-0.05, 0) is 50.8 Å². The number of hydrogen-bond acceptors (Lipinski definition) is 6. The van der Waals surface area contributed by atoms with Crippen molar-refractivity contribution in [1.82, 2.24) is 15.0 Å². The van der Waals surface area contributed by atoms with Crippen molar-refractivity contribution in [3.8, 4) is 0 Å². The Bertz CT molecular complexity index is 1110. The van der Waals surface area contributed by atoms with Crippen molar-refractivity contribution in [2.45, 2.75) is 50.7 Å². The summed E-state index contributed by atoms with van der Waals surface area (Å²) >= 11 is 0. The molecule has 8 heteroatoms. The van der Waals surface area contributed by atoms with Gasteiger partial charge in [-0.15, -0.1) is 0 Å². The molecule has 2 saturated heterocycles. The Labute approximate surface area is 173 Å². The quantitative estimate of drug-likeness (QED) is 0.563. The normalized spacial score (nSPS) is 23.0. The number of primary amides is 1. The number of H-pyrrole nitrogens is 1. The van der Waals surface area contributed by atoms with Gasteiger partial charge in [0, 0.05) is 47.7 Å². The van der Waals surface area contributed by atoms with Crippen molar-refractivity contribution < 1.29 is 9.59 Å². The maximum absolute atomic E-state index is 12.0. The number of Topliss-reactive ketones (excluding diaryl/α,β-unsaturated/α-hetero) is 1. The number of nitrogens with two attached hydrogens (primary N) is 1. The molecule has 0 spiro atoms. The zero-order valence-electron chi connectivity index (χ0n) is 16.8. The summed E-state index contributed by atoms with van der Waals surface area (Å²) < 4.78 is 0. The summed E-state index contributed by atoms with van der Waals surface area (Å²) in [5.41, 5.74) is 8.15. The third-order valence-electron chi connectivity index (χ3n) is 6.35. The molecule has 30 heavy (non-hydrogen) atoms. The van der Waals surface area contributed by atoms with E-state index in [0.29, 0.717) is 23.2 Å². The molecule has 2 bridgehead atoms. The Morgan fingerprint density at radius 1 is 1.13 bits per heavy atom. The number of nitrogens with zero attached hydrogens (tertiary/aromatic N) is 3. The third kappa shape index (κ3) is 3.08. The molecule has 0 saturated carbocycles. The SMILES string of the molecule is CC(=O)c1ccc(N2[C@@H]3CC[C@H]2CC(Nc2c(C(N)=O)cnc4[nH]ccc24)C3)nc1. The second kappa shape index (κ2) is 7.12. The fraction of sp³-hybridized carbons (Fsp3) is 0.364. The van der Waals surface area contributed by atoms with Gasteiger partial charge in [0.15, 0.2) is 5.78 Å². The number of piperidine rings is 1. The van der Waals surface area contributed by atoms with E-state index in [1.54, 1.807) is 13.1 Å². The number of anilines is 2. The van der Waals surface area contributed by atoms with Gasteiger partial charge in [-0.1, -0.05) is 0 Å². The van der Waals surface area contributed by atoms with Gasteiger partial charge < -0.3 is 20.9 Å². The van der Waals surface area contributed by atoms with Crippen LogP contribution in [0.25, 0.3) is 11.0 Å². The zero-order chi connectivity index (χ0) is 20.8. The number of rotatable bonds is 5. The maximum Gasteiger partial charge on any atom is 0.252 e. The number of fused-ring (bicyclic) bond motifs is 3. The molecule has 0 radical (unpaired) electrons. The standard InChI is InChI=1S/C22H24N6O2/c1-12(29)13-2-5-19(25-10-13)28-15-3-4-16(28)9-14(8-15)27-20-17-6-7-24-22(17)26-11-18(20)21(23)30/h2,5-7,10-11,14-16H,3-4,8-9H2,1H3,(H2,23,30)(H2,24,26,27)/t14?,15-,16+. The van der Waals surface area contributed by atoms with E-state index in [2.05, 4.69) is 25.2 Å². The molecule has 0 aromatic carbocycles. The Balaban J connectivity index is 1.39. The lowest BCUT2D eigenvalue weighted by atomic mass is 9.96. The smallest absolute Gasteiger partial charge is 0.252 e. The van der Waals surface area contributed by atoms with Crippen molar-refractivity contribution >= 4 is 34.2 Å². The summed E-state index contributed by atoms with van der Waals surface area (Å²) in [6, 6.07) is 6.70. The number of carbonyl (C=O) groups is 2. The van der Waals surface area contributed by atoms with Crippen LogP contribution < -0.4 is 16.0 Å². The van der Waals surface area contributed by atoms with Crippen molar-refractivity contribution in [3.63, 3.8) is 0 Å². The minimum absolute atomic E-state index is 0.0265. The van der Waals surface area contributed by atoms with Crippen molar-refractivity contribution in [1.29, 1.82) is 0 Å². The van der Waals surface area contributed by atoms with Gasteiger partial charge in [-0.2, -0.15) is 0 Å². The predicted molar refractivity (Wildman–Crippen MR) is 115 cm³/mol. The van der Waals surface area contributed by atoms with Crippen LogP contribution in [-0.4, -0.2) is 44.8 Å². The molecule has 5 heterocycles. The highest BCUT2D eigenvalue weighted by molar-refractivity contribution is 6.06. The van der Waals surface area contributed by atoms with E-state index in [9.17, 15) is 9.59 Å². The number of aromatic amines is 1. The summed E-state index contributed by atoms with van der Waals surface area (Å²) in [5.74, 6) is 0.475. The van der Waals surface area contributed by atoms with E-state index < -0.39 is 5.91 Å². The average molecular weight is 404 g/mol. The number of nitrogens with one attached hydrogen (secondary N) is 2. The van der Waals surface area contributed by atoms with Crippen LogP contribution in [0.5, 0.6) is 0 Å². The fourth-order valence-corrected chi connectivity index (χ4v) is 4.97. The van der Waals surface area contributed by atoms with Crippen LogP contribution in [0.4, 0.5) is 11.5 Å². The first-order valence-corrected chi connectivity index (χ1v) is 10.3. The molecule has 0 aliphatic carbocycles. The Morgan fingerprint density at radius 3 is 2.53 bits per heavy atom. The highest BCUT2D eigenvalue weighted by atomic mass is 16.1. The lowest BCUT2D eigenvalue weighted by Gasteiger charge is -2.40. The number of carbonyl (C=O) groups excluding carboxylic acids is 2. The van der Waals surface area contributed by atoms with E-state index >= 15 is 0 Å². The monoisotopic (exact) mass is 404 g/mol. The van der Waals surface area contributed by atoms with Gasteiger partial charge in [0.25, 0.3) is 5.91 Å². The highest BCUT2D eigenvalue weighted by Gasteiger charge is 2.41. The second-order valence-corrected chi connectivity index (χ2v) is 8.22. The fourth-order valence-electron chi connectivity index (χ4n) is 4.97. The molecule has 3 atom stereocenters. The lowest BCUT2D eigenvalue weighted by molar-refractivity contribution is 0.0996. The topological polar surface area (TPSA) is 117 Å². The molecule has 2 fully saturated rings. The molecular weight excluding hydrogens is 380 g/mol. The Hall–Kier alpha value is -3.42. The van der Waals surface area contributed by atoms with Gasteiger partial charge >= 0.3 is 0 Å². The molecule has 2 aliphatic rings. The first-order valence-electron chi connectivity index (χ1n) is 10.3. The first kappa shape index (κ1) is 18.6. The Morgan fingerprint density at radius 2 is 1.90 bits per heavy atom. The van der Waals surface area contributed by atoms with Crippen LogP contribution in [0.3, 0.4) is 0 Å². The largest absolute Gasteiger partial charge is 0.381 e. The van der Waals surface area contributed by atoms with Crippen LogP contribution in [0.2, 0.25) is 0 Å². The molecule has 4 N–H and O–H groups in total. The molecule has 1 amide bonds. The molecule has 3 aromatic heterocycles. The number of ketones is 1. The van der Waals surface area contributed by atoms with Gasteiger partial charge in [-0.3, -0.25) is 9.59 Å². The average Bonchev–Trinajstić information content (AvgIpc) is 3.31. The van der Waals surface area contributed by atoms with E-state index in [1.807, 2.05) is 24.4 Å². The number of pyridine rings is 2. The Kier molecular flexibility index (Phi) is 4.42. The van der Waals surface area contributed by atoms with Gasteiger partial charge in [-0.25, -0.2) is 9.97 Å². The summed E-state index contributed by atoms with van der Waals surface area (Å²) in [5, 5.41) is 4.48. The molecule has 1 unspecified atom stereocenters. The van der Waals surface area contributed by atoms with E-state index in [-0.39, 0.29) is 11.8 Å². The van der Waals surface area contributed by atoms with E-state index in [1.165, 1.54) is 6.20 Å². The predicted octanol–water partition coefficient (Wildman–Crippen LogP) is 2.87. The number of amides is 1. The minimum Gasteiger partial charge on any atom is -0.381 e. The van der Waals surface area contributed by atoms with Crippen LogP contribution >= 0.6 is 0 Å². The summed E-state index contributed by atoms with van der Waals surface area (Å²) in [4.78, 5) is 37.8. The zero-order valence-corrected chi connectivity index (χ0v) is 16.8. The minimum atomic E-state index is -0.483. The molecule has 2 aliphatic heterocycles. The second-order valence-electron chi connectivity index (χ2n) is 8.22. The molecule has 3 aromatic rings. The number of hydrogen-bond donors (Lipinski definition) is 3. The molecule has 8 nitrogen and oxygen atoms in total. The highest BCUT2D eigenvalue weighted by Crippen LogP contribution is 2.40. The van der Waals surface area contributed by atoms with Crippen molar-refractivity contribution in [2.75, 3.05) is 10.2 Å². The first-order chi connectivity index (χ1) is 14.5. The maximum atomic E-state index is 12.0. The molecular formula is C22H24N6O2. The van der Waals surface area contributed by atoms with Crippen LogP contribution in [0.1, 0.15) is 53.3 Å². The molecule has 5 rings (SSSR count). The van der Waals surface area contributed by atoms with E-state index in [4.69, 9.17) is 5.73 Å². The van der Waals surface area contributed by atoms with Gasteiger partial charge in [0.05, 0.1) is 11.3 Å². The van der Waals surface area contributed by atoms with E-state index in [0.717, 1.165) is 48.2 Å². The van der Waals surface area contributed by atoms with Gasteiger partial charge in [0.2, 0.25) is 0 Å². The third-order valence-corrected chi connectivity index (χ3v) is 6.35. The van der Waals surface area contributed by atoms with Crippen LogP contribution in [0.15, 0.2) is 36.8 Å². The van der Waals surface area contributed by atoms with Crippen molar-refractivity contribution in [2.24, 2.45) is 5.73 Å². The number of aromatic nitrogens is 3. The van der Waals surface area contributed by atoms with Gasteiger partial charge in [0.1, 0.15) is 11.5 Å². The van der Waals surface area contributed by atoms with Crippen LogP contribution in [0, 0.1) is 0 Å². The summed E-state index contributed by atoms with van der Waals surface area (Å²) in [6.07, 6.45) is 9.12. The summed E-state index contributed by atoms with van der Waals surface area (Å²) in [7, 11) is 0. The lowest BCUT2D eigenvalue weighted by Crippen LogP contribution is -2.47. The molecule has 154 valence electrons. The summed E-state index contributed by atoms with van der Waals surface area (Å²) in [6.45, 7) is 1.55. The van der Waals surface area contributed by atoms with Crippen LogP contribution in [-0.2, 0) is 0 Å². The van der Waals surface area contributed by atoms with Crippen molar-refractivity contribution in [3.05, 3.63) is 47.9 Å².